The van der Waals surface area contributed by atoms with E-state index in [0.717, 1.165) is 41.3 Å². The van der Waals surface area contributed by atoms with E-state index in [1.807, 2.05) is 23.1 Å². The van der Waals surface area contributed by atoms with E-state index in [-0.39, 0.29) is 31.7 Å². The van der Waals surface area contributed by atoms with Crippen LogP contribution in [0.25, 0.3) is 37.8 Å². The number of halogens is 2. The Morgan fingerprint density at radius 1 is 1.18 bits per heavy atom. The molecule has 2 aromatic heterocycles. The van der Waals surface area contributed by atoms with Crippen molar-refractivity contribution < 1.29 is 13.9 Å². The highest BCUT2D eigenvalue weighted by Crippen LogP contribution is 2.39. The molecule has 11 heteroatoms. The Hall–Kier alpha value is -4.33. The number of pyridine rings is 1. The topological polar surface area (TPSA) is 79.1 Å². The molecule has 1 amide bonds. The van der Waals surface area contributed by atoms with E-state index in [1.165, 1.54) is 4.90 Å². The standard InChI is InChI=1S/C33H33ClFN7O2/c1-20-8-5-9-22-10-6-12-25(27(20)22)29-28(34)30-26(17-37-29)31(39-33(38-30)44-19-23-11-7-13-40(23)4)41-14-15-42(32(43)21(2)35)24(18-41)16-36-3/h5-6,8-10,12,17,23-24H,2,7,11,13-16,18-19H2,1,4H3/t23-,24-/m0/s1. The number of hydrogen-bond acceptors (Lipinski definition) is 7. The number of aryl methyl sites for hydroxylation is 1. The molecule has 44 heavy (non-hydrogen) atoms. The Labute approximate surface area is 260 Å². The lowest BCUT2D eigenvalue weighted by Gasteiger charge is -2.39. The number of nitrogens with zero attached hydrogens (tertiary/aromatic N) is 7. The molecule has 4 aromatic rings. The number of benzene rings is 2. The van der Waals surface area contributed by atoms with Crippen molar-refractivity contribution in [1.29, 1.82) is 0 Å². The molecule has 2 fully saturated rings. The molecule has 6 rings (SSSR count). The SMILES string of the molecule is [C-]#[N+]C[C@H]1CN(c2nc(OC[C@@H]3CCCN3C)nc3c(Cl)c(-c4cccc5cccc(C)c45)ncc23)CCN1C(=O)C(=C)F. The molecule has 0 radical (unpaired) electrons. The second-order valence-corrected chi connectivity index (χ2v) is 11.8. The second-order valence-electron chi connectivity index (χ2n) is 11.4. The predicted molar refractivity (Wildman–Crippen MR) is 171 cm³/mol. The Kier molecular flexibility index (Phi) is 8.34. The molecule has 0 saturated carbocycles. The van der Waals surface area contributed by atoms with Gasteiger partial charge in [-0.3, -0.25) is 9.78 Å². The van der Waals surface area contributed by atoms with Crippen molar-refractivity contribution in [2.24, 2.45) is 0 Å². The van der Waals surface area contributed by atoms with Crippen molar-refractivity contribution >= 4 is 45.0 Å². The van der Waals surface area contributed by atoms with E-state index in [4.69, 9.17) is 37.9 Å². The summed E-state index contributed by atoms with van der Waals surface area (Å²) in [6.45, 7) is 15.0. The van der Waals surface area contributed by atoms with Crippen LogP contribution in [0.2, 0.25) is 5.02 Å². The lowest BCUT2D eigenvalue weighted by Crippen LogP contribution is -2.56. The van der Waals surface area contributed by atoms with Crippen molar-refractivity contribution in [1.82, 2.24) is 24.8 Å². The van der Waals surface area contributed by atoms with Crippen molar-refractivity contribution in [3.8, 4) is 17.3 Å². The van der Waals surface area contributed by atoms with Crippen LogP contribution >= 0.6 is 11.6 Å². The van der Waals surface area contributed by atoms with Gasteiger partial charge in [0.2, 0.25) is 6.54 Å². The second kappa shape index (κ2) is 12.3. The predicted octanol–water partition coefficient (Wildman–Crippen LogP) is 5.70. The van der Waals surface area contributed by atoms with Gasteiger partial charge in [0.25, 0.3) is 5.91 Å². The summed E-state index contributed by atoms with van der Waals surface area (Å²) in [4.78, 5) is 36.1. The Morgan fingerprint density at radius 3 is 2.70 bits per heavy atom. The van der Waals surface area contributed by atoms with Crippen molar-refractivity contribution in [2.75, 3.05) is 51.3 Å². The first-order valence-corrected chi connectivity index (χ1v) is 15.1. The molecule has 0 N–H and O–H groups in total. The monoisotopic (exact) mass is 613 g/mol. The molecule has 2 aromatic carbocycles. The molecule has 0 unspecified atom stereocenters. The van der Waals surface area contributed by atoms with E-state index in [9.17, 15) is 9.18 Å². The number of ether oxygens (including phenoxy) is 1. The fourth-order valence-electron chi connectivity index (χ4n) is 6.33. The van der Waals surface area contributed by atoms with Crippen LogP contribution < -0.4 is 9.64 Å². The lowest BCUT2D eigenvalue weighted by molar-refractivity contribution is -0.131. The third-order valence-electron chi connectivity index (χ3n) is 8.67. The minimum Gasteiger partial charge on any atom is -0.462 e. The van der Waals surface area contributed by atoms with E-state index in [2.05, 4.69) is 48.5 Å². The molecular weight excluding hydrogens is 581 g/mol. The molecule has 2 saturated heterocycles. The Morgan fingerprint density at radius 2 is 1.98 bits per heavy atom. The summed E-state index contributed by atoms with van der Waals surface area (Å²) in [5, 5.41) is 3.15. The molecule has 2 atom stereocenters. The zero-order chi connectivity index (χ0) is 31.0. The largest absolute Gasteiger partial charge is 0.462 e. The van der Waals surface area contributed by atoms with Crippen LogP contribution in [0.15, 0.2) is 55.0 Å². The van der Waals surface area contributed by atoms with Crippen molar-refractivity contribution in [2.45, 2.75) is 31.8 Å². The van der Waals surface area contributed by atoms with Crippen molar-refractivity contribution in [3.63, 3.8) is 0 Å². The van der Waals surface area contributed by atoms with Crippen LogP contribution in [0, 0.1) is 13.5 Å². The van der Waals surface area contributed by atoms with Gasteiger partial charge in [-0.25, -0.2) is 11.0 Å². The molecule has 4 heterocycles. The number of hydrogen-bond donors (Lipinski definition) is 0. The minimum atomic E-state index is -1.04. The van der Waals surface area contributed by atoms with Crippen LogP contribution in [0.5, 0.6) is 6.01 Å². The quantitative estimate of drug-likeness (QED) is 0.195. The average molecular weight is 614 g/mol. The Bertz CT molecular complexity index is 1800. The number of carbonyl (C=O) groups excluding carboxylic acids is 1. The van der Waals surface area contributed by atoms with Gasteiger partial charge in [0.15, 0.2) is 5.83 Å². The van der Waals surface area contributed by atoms with Gasteiger partial charge in [0.1, 0.15) is 24.0 Å². The maximum absolute atomic E-state index is 13.8. The van der Waals surface area contributed by atoms with Crippen LogP contribution in [-0.4, -0.2) is 89.1 Å². The first kappa shape index (κ1) is 29.7. The maximum Gasteiger partial charge on any atom is 0.319 e. The Balaban J connectivity index is 1.45. The minimum absolute atomic E-state index is 0.0134. The highest BCUT2D eigenvalue weighted by molar-refractivity contribution is 6.38. The van der Waals surface area contributed by atoms with Gasteiger partial charge in [-0.05, 0) is 49.7 Å². The molecule has 2 aliphatic rings. The number of anilines is 1. The van der Waals surface area contributed by atoms with Gasteiger partial charge >= 0.3 is 6.01 Å². The number of piperazine rings is 1. The number of amides is 1. The summed E-state index contributed by atoms with van der Waals surface area (Å²) in [5.41, 5.74) is 3.11. The van der Waals surface area contributed by atoms with Crippen molar-refractivity contribution in [3.05, 3.63) is 77.0 Å². The summed E-state index contributed by atoms with van der Waals surface area (Å²) in [6, 6.07) is 12.1. The van der Waals surface area contributed by atoms with Gasteiger partial charge < -0.3 is 24.3 Å². The zero-order valence-corrected chi connectivity index (χ0v) is 25.5. The number of carbonyl (C=O) groups is 1. The fraction of sp³-hybridized carbons (Fsp3) is 0.364. The number of likely N-dealkylation sites (N-methyl/N-ethyl adjacent to an activating group) is 1. The summed E-state index contributed by atoms with van der Waals surface area (Å²) < 4.78 is 20.0. The molecule has 226 valence electrons. The fourth-order valence-corrected chi connectivity index (χ4v) is 6.63. The third-order valence-corrected chi connectivity index (χ3v) is 9.02. The number of rotatable bonds is 7. The molecule has 2 aliphatic heterocycles. The maximum atomic E-state index is 13.8. The lowest BCUT2D eigenvalue weighted by atomic mass is 9.97. The first-order valence-electron chi connectivity index (χ1n) is 14.7. The van der Waals surface area contributed by atoms with Gasteiger partial charge in [-0.2, -0.15) is 9.97 Å². The number of fused-ring (bicyclic) bond motifs is 2. The molecule has 0 spiro atoms. The van der Waals surface area contributed by atoms with Crippen LogP contribution in [0.3, 0.4) is 0 Å². The molecular formula is C33H33ClFN7O2. The van der Waals surface area contributed by atoms with E-state index in [0.29, 0.717) is 40.6 Å². The van der Waals surface area contributed by atoms with E-state index < -0.39 is 17.8 Å². The first-order chi connectivity index (χ1) is 21.3. The van der Waals surface area contributed by atoms with Gasteiger partial charge in [0.05, 0.1) is 16.1 Å². The van der Waals surface area contributed by atoms with Gasteiger partial charge in [-0.15, -0.1) is 0 Å². The van der Waals surface area contributed by atoms with E-state index >= 15 is 0 Å². The zero-order valence-electron chi connectivity index (χ0n) is 24.8. The average Bonchev–Trinajstić information content (AvgIpc) is 3.44. The molecule has 0 bridgehead atoms. The van der Waals surface area contributed by atoms with Crippen LogP contribution in [0.4, 0.5) is 10.2 Å². The molecule has 9 nitrogen and oxygen atoms in total. The van der Waals surface area contributed by atoms with Crippen LogP contribution in [0.1, 0.15) is 18.4 Å². The number of likely N-dealkylation sites (tertiary alicyclic amines) is 1. The third kappa shape index (κ3) is 5.53. The summed E-state index contributed by atoms with van der Waals surface area (Å²) in [6.07, 6.45) is 3.86. The summed E-state index contributed by atoms with van der Waals surface area (Å²) in [7, 11) is 2.08. The van der Waals surface area contributed by atoms with Gasteiger partial charge in [0, 0.05) is 37.4 Å². The highest BCUT2D eigenvalue weighted by Gasteiger charge is 2.35. The number of aromatic nitrogens is 3. The highest BCUT2D eigenvalue weighted by atomic mass is 35.5. The summed E-state index contributed by atoms with van der Waals surface area (Å²) >= 11 is 7.16. The summed E-state index contributed by atoms with van der Waals surface area (Å²) in [5.74, 6) is -1.29. The molecule has 0 aliphatic carbocycles. The normalized spacial score (nSPS) is 19.0. The van der Waals surface area contributed by atoms with E-state index in [1.54, 1.807) is 6.20 Å². The smallest absolute Gasteiger partial charge is 0.319 e. The van der Waals surface area contributed by atoms with Gasteiger partial charge in [-0.1, -0.05) is 54.6 Å². The van der Waals surface area contributed by atoms with Crippen LogP contribution in [-0.2, 0) is 4.79 Å².